The number of rotatable bonds is 9. The van der Waals surface area contributed by atoms with Gasteiger partial charge in [-0.05, 0) is 68.3 Å². The van der Waals surface area contributed by atoms with Crippen LogP contribution in [0.5, 0.6) is 11.5 Å². The molecular formula is C26H30N2O5S. The third kappa shape index (κ3) is 5.69. The van der Waals surface area contributed by atoms with Crippen LogP contribution >= 0.6 is 0 Å². The first-order valence-corrected chi connectivity index (χ1v) is 12.3. The summed E-state index contributed by atoms with van der Waals surface area (Å²) in [6.07, 6.45) is 0.0825. The lowest BCUT2D eigenvalue weighted by Crippen LogP contribution is -2.28. The minimum atomic E-state index is -3.92. The largest absolute Gasteiger partial charge is 0.495 e. The number of anilines is 1. The number of para-hydroxylation sites is 2. The molecule has 0 saturated carbocycles. The van der Waals surface area contributed by atoms with Crippen molar-refractivity contribution in [1.82, 2.24) is 5.32 Å². The first-order chi connectivity index (χ1) is 16.1. The lowest BCUT2D eigenvalue weighted by molar-refractivity contribution is 0.0950. The maximum Gasteiger partial charge on any atom is 0.264 e. The summed E-state index contributed by atoms with van der Waals surface area (Å²) in [6, 6.07) is 18.9. The normalized spacial score (nSPS) is 11.2. The number of sulfonamides is 1. The minimum Gasteiger partial charge on any atom is -0.495 e. The number of ether oxygens (including phenoxy) is 2. The SMILES string of the molecule is COc1ccccc1N(C)S(=O)(=O)c1ccc(C)c(C(=O)NCc2ccc(OC(C)C)cc2)c1. The van der Waals surface area contributed by atoms with Crippen LogP contribution in [-0.2, 0) is 16.6 Å². The zero-order valence-corrected chi connectivity index (χ0v) is 20.8. The van der Waals surface area contributed by atoms with Crippen molar-refractivity contribution in [2.75, 3.05) is 18.5 Å². The van der Waals surface area contributed by atoms with Crippen LogP contribution < -0.4 is 19.1 Å². The Bertz CT molecular complexity index is 1250. The predicted octanol–water partition coefficient (Wildman–Crippen LogP) is 4.55. The van der Waals surface area contributed by atoms with Crippen molar-refractivity contribution in [2.24, 2.45) is 0 Å². The van der Waals surface area contributed by atoms with Crippen molar-refractivity contribution in [3.63, 3.8) is 0 Å². The Labute approximate surface area is 201 Å². The number of nitrogens with one attached hydrogen (secondary N) is 1. The molecule has 0 aliphatic carbocycles. The van der Waals surface area contributed by atoms with Gasteiger partial charge in [0.1, 0.15) is 11.5 Å². The van der Waals surface area contributed by atoms with Gasteiger partial charge in [0.2, 0.25) is 0 Å². The Hall–Kier alpha value is -3.52. The molecule has 7 nitrogen and oxygen atoms in total. The number of aryl methyl sites for hydroxylation is 1. The highest BCUT2D eigenvalue weighted by Crippen LogP contribution is 2.31. The van der Waals surface area contributed by atoms with Crippen LogP contribution in [0.3, 0.4) is 0 Å². The van der Waals surface area contributed by atoms with E-state index in [0.717, 1.165) is 15.6 Å². The first-order valence-electron chi connectivity index (χ1n) is 10.9. The average molecular weight is 483 g/mol. The van der Waals surface area contributed by atoms with Gasteiger partial charge >= 0.3 is 0 Å². The smallest absolute Gasteiger partial charge is 0.264 e. The number of amides is 1. The highest BCUT2D eigenvalue weighted by atomic mass is 32.2. The molecule has 34 heavy (non-hydrogen) atoms. The van der Waals surface area contributed by atoms with Gasteiger partial charge in [-0.15, -0.1) is 0 Å². The summed E-state index contributed by atoms with van der Waals surface area (Å²) in [5.41, 5.74) is 2.29. The van der Waals surface area contributed by atoms with Crippen molar-refractivity contribution in [3.8, 4) is 11.5 Å². The Morgan fingerprint density at radius 3 is 2.35 bits per heavy atom. The van der Waals surface area contributed by atoms with Gasteiger partial charge in [0.05, 0.1) is 23.8 Å². The minimum absolute atomic E-state index is 0.0202. The van der Waals surface area contributed by atoms with Crippen LogP contribution in [0, 0.1) is 6.92 Å². The van der Waals surface area contributed by atoms with Crippen LogP contribution in [0.2, 0.25) is 0 Å². The molecule has 0 spiro atoms. The van der Waals surface area contributed by atoms with Gasteiger partial charge < -0.3 is 14.8 Å². The van der Waals surface area contributed by atoms with Gasteiger partial charge in [-0.1, -0.05) is 30.3 Å². The molecular weight excluding hydrogens is 452 g/mol. The average Bonchev–Trinajstić information content (AvgIpc) is 2.82. The van der Waals surface area contributed by atoms with Crippen molar-refractivity contribution in [2.45, 2.75) is 38.3 Å². The number of hydrogen-bond donors (Lipinski definition) is 1. The number of methoxy groups -OCH3 is 1. The molecule has 3 aromatic rings. The van der Waals surface area contributed by atoms with Crippen LogP contribution in [0.1, 0.15) is 35.3 Å². The molecule has 0 aliphatic heterocycles. The third-order valence-corrected chi connectivity index (χ3v) is 7.05. The van der Waals surface area contributed by atoms with E-state index in [1.54, 1.807) is 37.3 Å². The molecule has 0 saturated heterocycles. The number of carbonyl (C=O) groups excluding carboxylic acids is 1. The highest BCUT2D eigenvalue weighted by molar-refractivity contribution is 7.92. The van der Waals surface area contributed by atoms with Crippen LogP contribution in [0.15, 0.2) is 71.6 Å². The third-order valence-electron chi connectivity index (χ3n) is 5.28. The second-order valence-electron chi connectivity index (χ2n) is 8.11. The lowest BCUT2D eigenvalue weighted by atomic mass is 10.1. The molecule has 0 fully saturated rings. The van der Waals surface area contributed by atoms with Crippen molar-refractivity contribution >= 4 is 21.6 Å². The van der Waals surface area contributed by atoms with Crippen molar-refractivity contribution < 1.29 is 22.7 Å². The second-order valence-corrected chi connectivity index (χ2v) is 10.1. The molecule has 0 radical (unpaired) electrons. The monoisotopic (exact) mass is 482 g/mol. The van der Waals surface area contributed by atoms with E-state index in [1.165, 1.54) is 26.3 Å². The summed E-state index contributed by atoms with van der Waals surface area (Å²) < 4.78 is 38.7. The number of benzene rings is 3. The lowest BCUT2D eigenvalue weighted by Gasteiger charge is -2.22. The van der Waals surface area contributed by atoms with Crippen LogP contribution in [0.4, 0.5) is 5.69 Å². The molecule has 8 heteroatoms. The second kappa shape index (κ2) is 10.6. The van der Waals surface area contributed by atoms with E-state index in [1.807, 2.05) is 38.1 Å². The van der Waals surface area contributed by atoms with Crippen LogP contribution in [0.25, 0.3) is 0 Å². The molecule has 0 bridgehead atoms. The van der Waals surface area contributed by atoms with E-state index < -0.39 is 10.0 Å². The molecule has 0 unspecified atom stereocenters. The van der Waals surface area contributed by atoms with Gasteiger partial charge in [0.25, 0.3) is 15.9 Å². The fourth-order valence-corrected chi connectivity index (χ4v) is 4.65. The summed E-state index contributed by atoms with van der Waals surface area (Å²) in [7, 11) is -0.977. The van der Waals surface area contributed by atoms with E-state index >= 15 is 0 Å². The molecule has 0 aliphatic rings. The van der Waals surface area contributed by atoms with Crippen molar-refractivity contribution in [3.05, 3.63) is 83.4 Å². The maximum atomic E-state index is 13.3. The summed E-state index contributed by atoms with van der Waals surface area (Å²) in [4.78, 5) is 12.9. The summed E-state index contributed by atoms with van der Waals surface area (Å²) in [5.74, 6) is 0.846. The van der Waals surface area contributed by atoms with E-state index in [4.69, 9.17) is 9.47 Å². The zero-order valence-electron chi connectivity index (χ0n) is 20.0. The summed E-state index contributed by atoms with van der Waals surface area (Å²) in [6.45, 7) is 5.99. The summed E-state index contributed by atoms with van der Waals surface area (Å²) >= 11 is 0. The summed E-state index contributed by atoms with van der Waals surface area (Å²) in [5, 5.41) is 2.87. The zero-order chi connectivity index (χ0) is 24.9. The Morgan fingerprint density at radius 2 is 1.71 bits per heavy atom. The van der Waals surface area contributed by atoms with Gasteiger partial charge in [0.15, 0.2) is 0 Å². The fraction of sp³-hybridized carbons (Fsp3) is 0.269. The van der Waals surface area contributed by atoms with Gasteiger partial charge in [0, 0.05) is 19.2 Å². The van der Waals surface area contributed by atoms with E-state index in [0.29, 0.717) is 29.1 Å². The molecule has 3 aromatic carbocycles. The molecule has 0 aromatic heterocycles. The van der Waals surface area contributed by atoms with E-state index in [-0.39, 0.29) is 16.9 Å². The molecule has 0 atom stereocenters. The fourth-order valence-electron chi connectivity index (χ4n) is 3.42. The highest BCUT2D eigenvalue weighted by Gasteiger charge is 2.25. The predicted molar refractivity (Wildman–Crippen MR) is 133 cm³/mol. The Balaban J connectivity index is 1.79. The number of carbonyl (C=O) groups is 1. The molecule has 1 amide bonds. The molecule has 1 N–H and O–H groups in total. The van der Waals surface area contributed by atoms with Gasteiger partial charge in [-0.3, -0.25) is 9.10 Å². The molecule has 3 rings (SSSR count). The number of hydrogen-bond acceptors (Lipinski definition) is 5. The first kappa shape index (κ1) is 25.1. The van der Waals surface area contributed by atoms with E-state index in [9.17, 15) is 13.2 Å². The topological polar surface area (TPSA) is 84.9 Å². The quantitative estimate of drug-likeness (QED) is 0.484. The Kier molecular flexibility index (Phi) is 7.83. The van der Waals surface area contributed by atoms with Crippen molar-refractivity contribution in [1.29, 1.82) is 0 Å². The molecule has 0 heterocycles. The Morgan fingerprint density at radius 1 is 1.03 bits per heavy atom. The van der Waals surface area contributed by atoms with Crippen LogP contribution in [-0.4, -0.2) is 34.6 Å². The maximum absolute atomic E-state index is 13.3. The van der Waals surface area contributed by atoms with Gasteiger partial charge in [-0.25, -0.2) is 8.42 Å². The van der Waals surface area contributed by atoms with Gasteiger partial charge in [-0.2, -0.15) is 0 Å². The molecule has 180 valence electrons. The number of nitrogens with zero attached hydrogens (tertiary/aromatic N) is 1. The van der Waals surface area contributed by atoms with E-state index in [2.05, 4.69) is 5.32 Å². The standard InChI is InChI=1S/C26H30N2O5S/c1-18(2)33-21-13-11-20(12-14-21)17-27-26(29)23-16-22(15-10-19(23)3)34(30,31)28(4)24-8-6-7-9-25(24)32-5/h6-16,18H,17H2,1-5H3,(H,27,29).